The van der Waals surface area contributed by atoms with E-state index in [-0.39, 0.29) is 5.54 Å². The largest absolute Gasteiger partial charge is 0.381 e. The van der Waals surface area contributed by atoms with E-state index in [0.29, 0.717) is 0 Å². The van der Waals surface area contributed by atoms with Gasteiger partial charge in [0, 0.05) is 16.4 Å². The molecular weight excluding hydrogens is 342 g/mol. The number of rotatable bonds is 1. The molecule has 0 aliphatic carbocycles. The fourth-order valence-corrected chi connectivity index (χ4v) is 4.12. The van der Waals surface area contributed by atoms with Crippen molar-refractivity contribution in [2.75, 3.05) is 0 Å². The maximum atomic E-state index is 5.99. The normalized spacial score (nSPS) is 16.5. The van der Waals surface area contributed by atoms with Crippen LogP contribution in [0.4, 0.5) is 0 Å². The molecule has 19 heavy (non-hydrogen) atoms. The van der Waals surface area contributed by atoms with E-state index in [4.69, 9.17) is 11.6 Å². The Kier molecular flexibility index (Phi) is 3.24. The summed E-state index contributed by atoms with van der Waals surface area (Å²) in [7, 11) is 0. The van der Waals surface area contributed by atoms with Gasteiger partial charge in [0.2, 0.25) is 0 Å². The summed E-state index contributed by atoms with van der Waals surface area (Å²) in [5.41, 5.74) is 2.42. The third kappa shape index (κ3) is 2.35. The minimum absolute atomic E-state index is 0.0959. The Labute approximate surface area is 129 Å². The minimum Gasteiger partial charge on any atom is -0.381 e. The number of halogens is 2. The van der Waals surface area contributed by atoms with Crippen molar-refractivity contribution >= 4 is 50.6 Å². The maximum absolute atomic E-state index is 5.99. The standard InChI is InChI=1S/C15H13BrClNS/c1-15(2)14(9-3-5-10(17)6-4-9)11-7-13(16)19-12(11)8-18-15/h3-8,18H,1-2H3. The molecule has 0 spiro atoms. The van der Waals surface area contributed by atoms with Crippen LogP contribution in [-0.2, 0) is 0 Å². The second-order valence-electron chi connectivity index (χ2n) is 5.12. The summed E-state index contributed by atoms with van der Waals surface area (Å²) in [6.45, 7) is 4.39. The lowest BCUT2D eigenvalue weighted by Gasteiger charge is -2.31. The second kappa shape index (κ2) is 4.65. The zero-order valence-electron chi connectivity index (χ0n) is 10.6. The number of fused-ring (bicyclic) bond motifs is 1. The molecule has 0 radical (unpaired) electrons. The first-order valence-corrected chi connectivity index (χ1v) is 8.00. The van der Waals surface area contributed by atoms with Gasteiger partial charge in [-0.3, -0.25) is 0 Å². The molecule has 2 aromatic rings. The zero-order valence-corrected chi connectivity index (χ0v) is 13.8. The molecule has 0 bridgehead atoms. The van der Waals surface area contributed by atoms with Gasteiger partial charge in [-0.1, -0.05) is 23.7 Å². The number of hydrogen-bond acceptors (Lipinski definition) is 2. The number of benzene rings is 1. The summed E-state index contributed by atoms with van der Waals surface area (Å²) in [5.74, 6) is 0. The van der Waals surface area contributed by atoms with E-state index in [9.17, 15) is 0 Å². The van der Waals surface area contributed by atoms with Gasteiger partial charge in [0.25, 0.3) is 0 Å². The van der Waals surface area contributed by atoms with E-state index in [1.165, 1.54) is 20.9 Å². The van der Waals surface area contributed by atoms with Gasteiger partial charge in [-0.2, -0.15) is 0 Å². The molecule has 1 N–H and O–H groups in total. The summed E-state index contributed by atoms with van der Waals surface area (Å²) >= 11 is 11.3. The molecule has 4 heteroatoms. The molecule has 1 aromatic carbocycles. The number of hydrogen-bond donors (Lipinski definition) is 1. The van der Waals surface area contributed by atoms with Crippen molar-refractivity contribution in [3.05, 3.63) is 54.5 Å². The fourth-order valence-electron chi connectivity index (χ4n) is 2.46. The SMILES string of the molecule is CC1(C)NC=c2sc(Br)cc2=C1c1ccc(Cl)cc1. The molecule has 0 atom stereocenters. The second-order valence-corrected chi connectivity index (χ2v) is 8.02. The number of nitrogens with one attached hydrogen (secondary N) is 1. The van der Waals surface area contributed by atoms with Gasteiger partial charge in [-0.05, 0) is 59.1 Å². The van der Waals surface area contributed by atoms with Gasteiger partial charge in [-0.25, -0.2) is 0 Å². The fraction of sp³-hybridized carbons (Fsp3) is 0.200. The van der Waals surface area contributed by atoms with E-state index in [0.717, 1.165) is 8.81 Å². The highest BCUT2D eigenvalue weighted by molar-refractivity contribution is 9.11. The zero-order chi connectivity index (χ0) is 13.6. The van der Waals surface area contributed by atoms with Crippen LogP contribution in [0.3, 0.4) is 0 Å². The van der Waals surface area contributed by atoms with E-state index in [2.05, 4.69) is 59.5 Å². The van der Waals surface area contributed by atoms with Gasteiger partial charge in [0.15, 0.2) is 0 Å². The Morgan fingerprint density at radius 3 is 2.58 bits per heavy atom. The topological polar surface area (TPSA) is 12.0 Å². The average Bonchev–Trinajstić information content (AvgIpc) is 2.70. The lowest BCUT2D eigenvalue weighted by atomic mass is 9.85. The molecule has 3 rings (SSSR count). The van der Waals surface area contributed by atoms with Crippen LogP contribution in [0.2, 0.25) is 5.02 Å². The predicted molar refractivity (Wildman–Crippen MR) is 86.9 cm³/mol. The van der Waals surface area contributed by atoms with Crippen LogP contribution in [-0.4, -0.2) is 5.54 Å². The lowest BCUT2D eigenvalue weighted by Crippen LogP contribution is -2.47. The van der Waals surface area contributed by atoms with E-state index >= 15 is 0 Å². The summed E-state index contributed by atoms with van der Waals surface area (Å²) in [6, 6.07) is 10.3. The van der Waals surface area contributed by atoms with Gasteiger partial charge >= 0.3 is 0 Å². The first-order chi connectivity index (χ1) is 8.97. The van der Waals surface area contributed by atoms with Crippen molar-refractivity contribution in [1.29, 1.82) is 0 Å². The molecular formula is C15H13BrClNS. The monoisotopic (exact) mass is 353 g/mol. The van der Waals surface area contributed by atoms with Crippen LogP contribution in [0.15, 0.2) is 34.1 Å². The van der Waals surface area contributed by atoms with Crippen molar-refractivity contribution < 1.29 is 0 Å². The van der Waals surface area contributed by atoms with E-state index in [1.54, 1.807) is 11.3 Å². The lowest BCUT2D eigenvalue weighted by molar-refractivity contribution is 0.584. The average molecular weight is 355 g/mol. The maximum Gasteiger partial charge on any atom is 0.0711 e. The highest BCUT2D eigenvalue weighted by Crippen LogP contribution is 2.27. The van der Waals surface area contributed by atoms with Crippen LogP contribution < -0.4 is 15.1 Å². The summed E-state index contributed by atoms with van der Waals surface area (Å²) in [6.07, 6.45) is 2.10. The Morgan fingerprint density at radius 2 is 1.89 bits per heavy atom. The van der Waals surface area contributed by atoms with Crippen molar-refractivity contribution in [3.63, 3.8) is 0 Å². The van der Waals surface area contributed by atoms with Crippen molar-refractivity contribution in [1.82, 2.24) is 5.32 Å². The molecule has 1 aliphatic heterocycles. The van der Waals surface area contributed by atoms with Crippen LogP contribution in [0.25, 0.3) is 11.8 Å². The van der Waals surface area contributed by atoms with Gasteiger partial charge < -0.3 is 5.32 Å². The van der Waals surface area contributed by atoms with Crippen LogP contribution in [0, 0.1) is 0 Å². The quantitative estimate of drug-likeness (QED) is 0.827. The Hall–Kier alpha value is -0.770. The summed E-state index contributed by atoms with van der Waals surface area (Å²) in [4.78, 5) is 0. The molecule has 0 saturated heterocycles. The van der Waals surface area contributed by atoms with Gasteiger partial charge in [-0.15, -0.1) is 11.3 Å². The van der Waals surface area contributed by atoms with E-state index < -0.39 is 0 Å². The smallest absolute Gasteiger partial charge is 0.0711 e. The molecule has 0 saturated carbocycles. The Bertz CT molecular complexity index is 743. The van der Waals surface area contributed by atoms with Crippen LogP contribution >= 0.6 is 38.9 Å². The molecule has 1 aromatic heterocycles. The molecule has 1 aliphatic rings. The Balaban J connectivity index is 2.36. The van der Waals surface area contributed by atoms with Gasteiger partial charge in [0.05, 0.1) is 13.9 Å². The van der Waals surface area contributed by atoms with E-state index in [1.807, 2.05) is 12.1 Å². The Morgan fingerprint density at radius 1 is 1.21 bits per heavy atom. The summed E-state index contributed by atoms with van der Waals surface area (Å²) < 4.78 is 2.41. The molecule has 98 valence electrons. The first kappa shape index (κ1) is 13.2. The highest BCUT2D eigenvalue weighted by Gasteiger charge is 2.27. The molecule has 0 unspecified atom stereocenters. The highest BCUT2D eigenvalue weighted by atomic mass is 79.9. The van der Waals surface area contributed by atoms with Gasteiger partial charge in [0.1, 0.15) is 0 Å². The van der Waals surface area contributed by atoms with Crippen molar-refractivity contribution in [2.45, 2.75) is 19.4 Å². The van der Waals surface area contributed by atoms with Crippen LogP contribution in [0.5, 0.6) is 0 Å². The predicted octanol–water partition coefficient (Wildman–Crippen LogP) is 3.48. The number of thiophene rings is 1. The molecule has 1 nitrogen and oxygen atoms in total. The molecule has 0 amide bonds. The molecule has 0 fully saturated rings. The first-order valence-electron chi connectivity index (χ1n) is 6.01. The summed E-state index contributed by atoms with van der Waals surface area (Å²) in [5, 5.41) is 5.55. The third-order valence-corrected chi connectivity index (χ3v) is 5.16. The van der Waals surface area contributed by atoms with Crippen molar-refractivity contribution in [2.24, 2.45) is 0 Å². The molecule has 2 heterocycles. The van der Waals surface area contributed by atoms with Crippen LogP contribution in [0.1, 0.15) is 19.4 Å². The van der Waals surface area contributed by atoms with Crippen molar-refractivity contribution in [3.8, 4) is 0 Å². The minimum atomic E-state index is -0.0959. The third-order valence-electron chi connectivity index (χ3n) is 3.32.